The Balaban J connectivity index is 0.859. The first kappa shape index (κ1) is 45.7. The number of carbonyl (C=O) groups is 3. The SMILES string of the molecule is CCN(C)S(=O)(=O)Nc1ccc(F)c(Oc2ccc3ncn(-c4cnn(C5CCN(C(=O)CN6CCC(c7c(F)cc(NC8CCC(=O)NC8=O)cc7F)CC6)CC5)c4)c(=O)c3c2)c1C#N. The largest absolute Gasteiger partial charge is 0.453 e. The molecule has 1 atom stereocenters. The minimum atomic E-state index is -4.05. The number of imide groups is 1. The van der Waals surface area contributed by atoms with Crippen molar-refractivity contribution in [3.8, 4) is 23.3 Å². The number of hydrogen-bond donors (Lipinski definition) is 3. The maximum absolute atomic E-state index is 15.3. The van der Waals surface area contributed by atoms with E-state index in [2.05, 4.69) is 25.4 Å². The maximum Gasteiger partial charge on any atom is 0.301 e. The summed E-state index contributed by atoms with van der Waals surface area (Å²) in [5, 5.41) is 19.6. The number of carbonyl (C=O) groups excluding carboxylic acids is 3. The van der Waals surface area contributed by atoms with Crippen molar-refractivity contribution < 1.29 is 40.7 Å². The molecular formula is C44H46F3N11O7S. The highest BCUT2D eigenvalue weighted by molar-refractivity contribution is 7.90. The summed E-state index contributed by atoms with van der Waals surface area (Å²) in [5.74, 6) is -4.24. The lowest BCUT2D eigenvalue weighted by Crippen LogP contribution is -2.47. The van der Waals surface area contributed by atoms with Crippen molar-refractivity contribution >= 4 is 50.2 Å². The molecule has 66 heavy (non-hydrogen) atoms. The van der Waals surface area contributed by atoms with Gasteiger partial charge in [-0.2, -0.15) is 23.1 Å². The van der Waals surface area contributed by atoms with Crippen LogP contribution >= 0.6 is 0 Å². The Morgan fingerprint density at radius 3 is 2.39 bits per heavy atom. The summed E-state index contributed by atoms with van der Waals surface area (Å²) in [6.07, 6.45) is 7.08. The number of likely N-dealkylation sites (tertiary alicyclic amines) is 2. The molecule has 0 bridgehead atoms. The highest BCUT2D eigenvalue weighted by atomic mass is 32.2. The van der Waals surface area contributed by atoms with Crippen LogP contribution in [0.4, 0.5) is 24.5 Å². The number of fused-ring (bicyclic) bond motifs is 1. The maximum atomic E-state index is 15.3. The van der Waals surface area contributed by atoms with Crippen molar-refractivity contribution in [2.45, 2.75) is 63.5 Å². The van der Waals surface area contributed by atoms with Gasteiger partial charge in [0.25, 0.3) is 5.56 Å². The van der Waals surface area contributed by atoms with Gasteiger partial charge < -0.3 is 15.0 Å². The minimum Gasteiger partial charge on any atom is -0.453 e. The number of nitrogens with zero attached hydrogens (tertiary/aromatic N) is 8. The van der Waals surface area contributed by atoms with Crippen LogP contribution in [-0.2, 0) is 24.6 Å². The lowest BCUT2D eigenvalue weighted by Gasteiger charge is -2.36. The summed E-state index contributed by atoms with van der Waals surface area (Å²) < 4.78 is 83.1. The van der Waals surface area contributed by atoms with Gasteiger partial charge in [0.2, 0.25) is 17.7 Å². The quantitative estimate of drug-likeness (QED) is 0.139. The van der Waals surface area contributed by atoms with Gasteiger partial charge in [-0.05, 0) is 93.6 Å². The van der Waals surface area contributed by atoms with Gasteiger partial charge in [-0.15, -0.1) is 0 Å². The molecule has 3 amide bonds. The van der Waals surface area contributed by atoms with Crippen molar-refractivity contribution in [3.05, 3.63) is 100 Å². The van der Waals surface area contributed by atoms with Crippen molar-refractivity contribution in [3.63, 3.8) is 0 Å². The molecule has 2 aromatic heterocycles. The van der Waals surface area contributed by atoms with E-state index in [0.717, 1.165) is 16.4 Å². The van der Waals surface area contributed by atoms with Crippen LogP contribution in [0.15, 0.2) is 66.0 Å². The highest BCUT2D eigenvalue weighted by Crippen LogP contribution is 2.36. The Kier molecular flexibility index (Phi) is 13.1. The Morgan fingerprint density at radius 1 is 0.985 bits per heavy atom. The van der Waals surface area contributed by atoms with Gasteiger partial charge in [-0.1, -0.05) is 6.92 Å². The number of amides is 3. The van der Waals surface area contributed by atoms with Gasteiger partial charge in [0.1, 0.15) is 41.4 Å². The van der Waals surface area contributed by atoms with Gasteiger partial charge in [0.15, 0.2) is 11.6 Å². The molecular weight excluding hydrogens is 884 g/mol. The first-order valence-corrected chi connectivity index (χ1v) is 22.9. The fraction of sp³-hybridized carbons (Fsp3) is 0.386. The molecule has 5 aromatic rings. The normalized spacial score (nSPS) is 17.8. The Morgan fingerprint density at radius 2 is 1.71 bits per heavy atom. The summed E-state index contributed by atoms with van der Waals surface area (Å²) in [4.78, 5) is 59.0. The van der Waals surface area contributed by atoms with Crippen LogP contribution in [0.25, 0.3) is 16.6 Å². The van der Waals surface area contributed by atoms with E-state index in [0.29, 0.717) is 63.1 Å². The molecule has 3 N–H and O–H groups in total. The third-order valence-corrected chi connectivity index (χ3v) is 13.9. The number of nitriles is 1. The molecule has 3 aliphatic heterocycles. The number of rotatable bonds is 13. The fourth-order valence-corrected chi connectivity index (χ4v) is 9.44. The first-order valence-electron chi connectivity index (χ1n) is 21.4. The van der Waals surface area contributed by atoms with Crippen LogP contribution in [0.5, 0.6) is 11.5 Å². The number of halogens is 3. The number of nitrogens with one attached hydrogen (secondary N) is 3. The standard InChI is InChI=1S/C44H46F3N11O7S/c1-3-54(2)66(63,64)53-37-7-5-33(45)42(32(37)21-48)65-30-4-6-36-31(20-30)44(62)57(25-49-36)29-22-50-58(23-29)28-12-16-56(17-13-28)40(60)24-55-14-10-26(11-15-55)41-34(46)18-27(19-35(41)47)51-38-8-9-39(59)52-43(38)61/h4-7,18-20,22-23,25-26,28,38,51,53H,3,8-17,24H2,1-2H3,(H,52,59,61). The van der Waals surface area contributed by atoms with Crippen LogP contribution in [-0.4, -0.2) is 112 Å². The lowest BCUT2D eigenvalue weighted by atomic mass is 9.88. The third kappa shape index (κ3) is 9.59. The average molecular weight is 930 g/mol. The molecule has 3 saturated heterocycles. The second-order valence-electron chi connectivity index (χ2n) is 16.5. The monoisotopic (exact) mass is 929 g/mol. The smallest absolute Gasteiger partial charge is 0.301 e. The molecule has 5 heterocycles. The van der Waals surface area contributed by atoms with Crippen LogP contribution < -0.4 is 25.7 Å². The van der Waals surface area contributed by atoms with Crippen molar-refractivity contribution in [2.24, 2.45) is 0 Å². The number of piperidine rings is 3. The molecule has 0 aliphatic carbocycles. The Hall–Kier alpha value is -6.83. The van der Waals surface area contributed by atoms with E-state index >= 15 is 13.2 Å². The van der Waals surface area contributed by atoms with E-state index in [9.17, 15) is 32.9 Å². The van der Waals surface area contributed by atoms with E-state index < -0.39 is 56.5 Å². The number of aromatic nitrogens is 4. The number of hydrogen-bond acceptors (Lipinski definition) is 12. The third-order valence-electron chi connectivity index (χ3n) is 12.3. The minimum absolute atomic E-state index is 0.00213. The van der Waals surface area contributed by atoms with Gasteiger partial charge >= 0.3 is 10.2 Å². The molecule has 0 saturated carbocycles. The summed E-state index contributed by atoms with van der Waals surface area (Å²) in [7, 11) is -2.71. The van der Waals surface area contributed by atoms with Gasteiger partial charge in [-0.25, -0.2) is 18.2 Å². The highest BCUT2D eigenvalue weighted by Gasteiger charge is 2.32. The molecule has 3 fully saturated rings. The van der Waals surface area contributed by atoms with Crippen molar-refractivity contribution in [1.29, 1.82) is 5.26 Å². The van der Waals surface area contributed by atoms with Crippen LogP contribution in [0.1, 0.15) is 68.5 Å². The van der Waals surface area contributed by atoms with Gasteiger partial charge in [-0.3, -0.25) is 43.4 Å². The van der Waals surface area contributed by atoms with Gasteiger partial charge in [0.05, 0.1) is 41.1 Å². The van der Waals surface area contributed by atoms with Crippen molar-refractivity contribution in [1.82, 2.24) is 38.8 Å². The van der Waals surface area contributed by atoms with Gasteiger partial charge in [0, 0.05) is 50.6 Å². The zero-order valence-corrected chi connectivity index (χ0v) is 36.8. The second-order valence-corrected chi connectivity index (χ2v) is 18.3. The van der Waals surface area contributed by atoms with Crippen LogP contribution in [0, 0.1) is 28.8 Å². The van der Waals surface area contributed by atoms with E-state index in [1.165, 1.54) is 54.5 Å². The first-order chi connectivity index (χ1) is 31.6. The van der Waals surface area contributed by atoms with Crippen LogP contribution in [0.2, 0.25) is 0 Å². The molecule has 346 valence electrons. The summed E-state index contributed by atoms with van der Waals surface area (Å²) in [6.45, 7) is 3.85. The molecule has 1 unspecified atom stereocenters. The number of anilines is 2. The lowest BCUT2D eigenvalue weighted by molar-refractivity contribution is -0.135. The number of ether oxygens (including phenoxy) is 1. The van der Waals surface area contributed by atoms with E-state index in [4.69, 9.17) is 4.74 Å². The Labute approximate surface area is 377 Å². The van der Waals surface area contributed by atoms with Crippen molar-refractivity contribution in [2.75, 3.05) is 56.4 Å². The second kappa shape index (κ2) is 18.9. The number of benzene rings is 3. The molecule has 0 spiro atoms. The predicted molar refractivity (Wildman–Crippen MR) is 235 cm³/mol. The summed E-state index contributed by atoms with van der Waals surface area (Å²) in [6, 6.07) is 9.70. The summed E-state index contributed by atoms with van der Waals surface area (Å²) in [5.41, 5.74) is -0.215. The van der Waals surface area contributed by atoms with E-state index in [1.807, 2.05) is 4.90 Å². The molecule has 22 heteroatoms. The zero-order chi connectivity index (χ0) is 46.9. The molecule has 0 radical (unpaired) electrons. The molecule has 8 rings (SSSR count). The van der Waals surface area contributed by atoms with Crippen LogP contribution in [0.3, 0.4) is 0 Å². The fourth-order valence-electron chi connectivity index (χ4n) is 8.50. The average Bonchev–Trinajstić information content (AvgIpc) is 3.79. The molecule has 18 nitrogen and oxygen atoms in total. The Bertz CT molecular complexity index is 2900. The topological polar surface area (TPSA) is 217 Å². The zero-order valence-electron chi connectivity index (χ0n) is 36.0. The molecule has 3 aliphatic rings. The van der Waals surface area contributed by atoms with E-state index in [1.54, 1.807) is 28.8 Å². The predicted octanol–water partition coefficient (Wildman–Crippen LogP) is 4.53. The molecule has 3 aromatic carbocycles. The van der Waals surface area contributed by atoms with E-state index in [-0.39, 0.29) is 77.8 Å². The summed E-state index contributed by atoms with van der Waals surface area (Å²) >= 11 is 0.